The van der Waals surface area contributed by atoms with Crippen molar-refractivity contribution < 1.29 is 14.6 Å². The fourth-order valence-electron chi connectivity index (χ4n) is 0.815. The number of carbonyl (C=O) groups excluding carboxylic acids is 1. The standard InChI is InChI=1S/C8H10N2O3/c1-5(11)7-3-2-6(4-10-7)13-8(9)12/h2-5,11H,1H3,(H2,9,12). The summed E-state index contributed by atoms with van der Waals surface area (Å²) in [5, 5.41) is 9.10. The van der Waals surface area contributed by atoms with Crippen LogP contribution in [0.4, 0.5) is 4.79 Å². The Labute approximate surface area is 75.2 Å². The highest BCUT2D eigenvalue weighted by Gasteiger charge is 2.03. The molecule has 1 aromatic rings. The van der Waals surface area contributed by atoms with Crippen LogP contribution in [0, 0.1) is 0 Å². The Morgan fingerprint density at radius 2 is 2.38 bits per heavy atom. The first-order valence-corrected chi connectivity index (χ1v) is 3.71. The van der Waals surface area contributed by atoms with Gasteiger partial charge in [-0.1, -0.05) is 0 Å². The Morgan fingerprint density at radius 3 is 2.77 bits per heavy atom. The molecule has 1 heterocycles. The second-order valence-electron chi connectivity index (χ2n) is 2.52. The lowest BCUT2D eigenvalue weighted by Gasteiger charge is -2.04. The molecule has 0 aliphatic rings. The van der Waals surface area contributed by atoms with E-state index in [9.17, 15) is 4.79 Å². The van der Waals surface area contributed by atoms with Gasteiger partial charge in [0.2, 0.25) is 0 Å². The van der Waals surface area contributed by atoms with Gasteiger partial charge in [-0.2, -0.15) is 0 Å². The van der Waals surface area contributed by atoms with Crippen molar-refractivity contribution in [1.29, 1.82) is 0 Å². The zero-order valence-corrected chi connectivity index (χ0v) is 7.10. The molecule has 0 saturated heterocycles. The molecule has 1 amide bonds. The molecule has 0 aromatic carbocycles. The summed E-state index contributed by atoms with van der Waals surface area (Å²) in [5.74, 6) is 0.261. The summed E-state index contributed by atoms with van der Waals surface area (Å²) < 4.78 is 4.54. The number of aliphatic hydroxyl groups is 1. The maximum Gasteiger partial charge on any atom is 0.410 e. The first-order chi connectivity index (χ1) is 6.09. The molecule has 1 aromatic heterocycles. The third-order valence-corrected chi connectivity index (χ3v) is 1.41. The normalized spacial score (nSPS) is 12.2. The van der Waals surface area contributed by atoms with Crippen LogP contribution in [-0.4, -0.2) is 16.2 Å². The molecule has 0 saturated carbocycles. The molecule has 0 aliphatic carbocycles. The van der Waals surface area contributed by atoms with Crippen molar-refractivity contribution >= 4 is 6.09 Å². The van der Waals surface area contributed by atoms with Crippen LogP contribution >= 0.6 is 0 Å². The molecule has 13 heavy (non-hydrogen) atoms. The number of hydrogen-bond donors (Lipinski definition) is 2. The van der Waals surface area contributed by atoms with E-state index in [1.54, 1.807) is 13.0 Å². The topological polar surface area (TPSA) is 85.4 Å². The van der Waals surface area contributed by atoms with E-state index in [4.69, 9.17) is 10.8 Å². The third-order valence-electron chi connectivity index (χ3n) is 1.41. The average molecular weight is 182 g/mol. The Hall–Kier alpha value is -1.62. The van der Waals surface area contributed by atoms with Gasteiger partial charge in [0.1, 0.15) is 0 Å². The lowest BCUT2D eigenvalue weighted by Crippen LogP contribution is -2.16. The Morgan fingerprint density at radius 1 is 1.69 bits per heavy atom. The number of hydrogen-bond acceptors (Lipinski definition) is 4. The molecule has 1 unspecified atom stereocenters. The molecule has 0 bridgehead atoms. The van der Waals surface area contributed by atoms with Crippen molar-refractivity contribution in [3.05, 3.63) is 24.0 Å². The molecule has 0 spiro atoms. The van der Waals surface area contributed by atoms with Gasteiger partial charge in [-0.25, -0.2) is 4.79 Å². The summed E-state index contributed by atoms with van der Waals surface area (Å²) >= 11 is 0. The minimum absolute atomic E-state index is 0.261. The van der Waals surface area contributed by atoms with Gasteiger partial charge in [0.15, 0.2) is 5.75 Å². The fourth-order valence-corrected chi connectivity index (χ4v) is 0.815. The number of nitrogens with two attached hydrogens (primary N) is 1. The molecule has 1 atom stereocenters. The fraction of sp³-hybridized carbons (Fsp3) is 0.250. The number of rotatable bonds is 2. The van der Waals surface area contributed by atoms with Crippen LogP contribution in [-0.2, 0) is 0 Å². The van der Waals surface area contributed by atoms with E-state index in [1.807, 2.05) is 0 Å². The van der Waals surface area contributed by atoms with Gasteiger partial charge in [-0.15, -0.1) is 0 Å². The van der Waals surface area contributed by atoms with Crippen LogP contribution in [0.1, 0.15) is 18.7 Å². The first kappa shape index (κ1) is 9.47. The highest BCUT2D eigenvalue weighted by molar-refractivity contribution is 5.67. The van der Waals surface area contributed by atoms with Crippen molar-refractivity contribution in [3.63, 3.8) is 0 Å². The van der Waals surface area contributed by atoms with Gasteiger partial charge < -0.3 is 15.6 Å². The van der Waals surface area contributed by atoms with Crippen molar-refractivity contribution in [2.45, 2.75) is 13.0 Å². The van der Waals surface area contributed by atoms with E-state index in [0.717, 1.165) is 0 Å². The predicted octanol–water partition coefficient (Wildman–Crippen LogP) is 0.592. The van der Waals surface area contributed by atoms with Crippen LogP contribution in [0.2, 0.25) is 0 Å². The maximum absolute atomic E-state index is 10.3. The van der Waals surface area contributed by atoms with Crippen molar-refractivity contribution in [2.75, 3.05) is 0 Å². The zero-order chi connectivity index (χ0) is 9.84. The second-order valence-corrected chi connectivity index (χ2v) is 2.52. The number of aromatic nitrogens is 1. The Balaban J connectivity index is 2.75. The monoisotopic (exact) mass is 182 g/mol. The van der Waals surface area contributed by atoms with Gasteiger partial charge in [0.25, 0.3) is 0 Å². The largest absolute Gasteiger partial charge is 0.410 e. The number of nitrogens with zero attached hydrogens (tertiary/aromatic N) is 1. The summed E-state index contributed by atoms with van der Waals surface area (Å²) in [5.41, 5.74) is 5.29. The summed E-state index contributed by atoms with van der Waals surface area (Å²) in [6.07, 6.45) is -0.193. The third kappa shape index (κ3) is 2.72. The molecule has 3 N–H and O–H groups in total. The smallest absolute Gasteiger partial charge is 0.409 e. The minimum atomic E-state index is -0.883. The van der Waals surface area contributed by atoms with E-state index in [-0.39, 0.29) is 5.75 Å². The van der Waals surface area contributed by atoms with Crippen LogP contribution in [0.25, 0.3) is 0 Å². The predicted molar refractivity (Wildman–Crippen MR) is 45.1 cm³/mol. The molecule has 5 heteroatoms. The molecular formula is C8H10N2O3. The molecule has 0 fully saturated rings. The summed E-state index contributed by atoms with van der Waals surface area (Å²) in [6, 6.07) is 3.07. The van der Waals surface area contributed by atoms with Crippen molar-refractivity contribution in [1.82, 2.24) is 4.98 Å². The average Bonchev–Trinajstić information content (AvgIpc) is 2.04. The molecule has 5 nitrogen and oxygen atoms in total. The highest BCUT2D eigenvalue weighted by atomic mass is 16.5. The first-order valence-electron chi connectivity index (χ1n) is 3.71. The number of pyridine rings is 1. The van der Waals surface area contributed by atoms with Crippen molar-refractivity contribution in [2.24, 2.45) is 5.73 Å². The van der Waals surface area contributed by atoms with Gasteiger partial charge in [0.05, 0.1) is 18.0 Å². The summed E-state index contributed by atoms with van der Waals surface area (Å²) in [4.78, 5) is 14.2. The lowest BCUT2D eigenvalue weighted by atomic mass is 10.2. The van der Waals surface area contributed by atoms with Crippen molar-refractivity contribution in [3.8, 4) is 5.75 Å². The number of ether oxygens (including phenoxy) is 1. The SMILES string of the molecule is CC(O)c1ccc(OC(N)=O)cn1. The van der Waals surface area contributed by atoms with Gasteiger partial charge in [-0.05, 0) is 19.1 Å². The van der Waals surface area contributed by atoms with E-state index in [2.05, 4.69) is 9.72 Å². The maximum atomic E-state index is 10.3. The highest BCUT2D eigenvalue weighted by Crippen LogP contribution is 2.13. The van der Waals surface area contributed by atoms with E-state index < -0.39 is 12.2 Å². The number of aliphatic hydroxyl groups excluding tert-OH is 1. The van der Waals surface area contributed by atoms with Gasteiger partial charge in [-0.3, -0.25) is 4.98 Å². The van der Waals surface area contributed by atoms with Crippen LogP contribution in [0.5, 0.6) is 5.75 Å². The second kappa shape index (κ2) is 3.86. The zero-order valence-electron chi connectivity index (χ0n) is 7.10. The van der Waals surface area contributed by atoms with E-state index >= 15 is 0 Å². The molecule has 1 rings (SSSR count). The summed E-state index contributed by atoms with van der Waals surface area (Å²) in [7, 11) is 0. The van der Waals surface area contributed by atoms with Crippen LogP contribution in [0.15, 0.2) is 18.3 Å². The summed E-state index contributed by atoms with van der Waals surface area (Å²) in [6.45, 7) is 1.59. The number of carbonyl (C=O) groups is 1. The number of primary amides is 1. The van der Waals surface area contributed by atoms with Gasteiger partial charge in [0, 0.05) is 0 Å². The van der Waals surface area contributed by atoms with Crippen LogP contribution in [0.3, 0.4) is 0 Å². The van der Waals surface area contributed by atoms with Gasteiger partial charge >= 0.3 is 6.09 Å². The van der Waals surface area contributed by atoms with E-state index in [1.165, 1.54) is 12.3 Å². The molecule has 0 radical (unpaired) electrons. The quantitative estimate of drug-likeness (QED) is 0.701. The molecular weight excluding hydrogens is 172 g/mol. The van der Waals surface area contributed by atoms with Crippen LogP contribution < -0.4 is 10.5 Å². The molecule has 70 valence electrons. The Bertz CT molecular complexity index is 295. The minimum Gasteiger partial charge on any atom is -0.409 e. The number of amides is 1. The van der Waals surface area contributed by atoms with E-state index in [0.29, 0.717) is 5.69 Å². The Kier molecular flexibility index (Phi) is 2.81. The lowest BCUT2D eigenvalue weighted by molar-refractivity contribution is 0.194. The molecule has 0 aliphatic heterocycles.